The molecule has 0 aliphatic rings. The fourth-order valence-electron chi connectivity index (χ4n) is 2.19. The van der Waals surface area contributed by atoms with Gasteiger partial charge < -0.3 is 15.5 Å². The van der Waals surface area contributed by atoms with Gasteiger partial charge in [-0.2, -0.15) is 0 Å². The zero-order valence-corrected chi connectivity index (χ0v) is 11.8. The Hall–Kier alpha value is -0.120. The summed E-state index contributed by atoms with van der Waals surface area (Å²) in [4.78, 5) is 0. The van der Waals surface area contributed by atoms with Gasteiger partial charge in [0.15, 0.2) is 0 Å². The average Bonchev–Trinajstić information content (AvgIpc) is 2.26. The molecule has 3 unspecified atom stereocenters. The summed E-state index contributed by atoms with van der Waals surface area (Å²) in [7, 11) is 1.95. The summed E-state index contributed by atoms with van der Waals surface area (Å²) in [5.74, 6) is 0. The molecule has 0 radical (unpaired) electrons. The van der Waals surface area contributed by atoms with Crippen molar-refractivity contribution in [1.29, 1.82) is 0 Å². The summed E-state index contributed by atoms with van der Waals surface area (Å²) in [6.07, 6.45) is 8.00. The summed E-state index contributed by atoms with van der Waals surface area (Å²) in [5, 5.41) is 22.2. The summed E-state index contributed by atoms with van der Waals surface area (Å²) in [5.41, 5.74) is 0. The van der Waals surface area contributed by atoms with E-state index in [1.807, 2.05) is 7.05 Å². The largest absolute Gasteiger partial charge is 0.393 e. The van der Waals surface area contributed by atoms with E-state index < -0.39 is 6.10 Å². The first kappa shape index (κ1) is 16.9. The minimum atomic E-state index is -0.410. The van der Waals surface area contributed by atoms with E-state index in [9.17, 15) is 10.2 Å². The Labute approximate surface area is 107 Å². The van der Waals surface area contributed by atoms with Gasteiger partial charge in [0.25, 0.3) is 0 Å². The minimum Gasteiger partial charge on any atom is -0.393 e. The lowest BCUT2D eigenvalue weighted by Gasteiger charge is -2.20. The summed E-state index contributed by atoms with van der Waals surface area (Å²) >= 11 is 0. The first-order chi connectivity index (χ1) is 8.10. The van der Waals surface area contributed by atoms with Crippen LogP contribution in [0, 0.1) is 0 Å². The maximum atomic E-state index is 9.76. The molecule has 0 fully saturated rings. The van der Waals surface area contributed by atoms with Crippen molar-refractivity contribution < 1.29 is 10.2 Å². The molecule has 3 nitrogen and oxygen atoms in total. The SMILES string of the molecule is CCCCCCCC(CC(O)CC(C)O)NC. The van der Waals surface area contributed by atoms with Gasteiger partial charge in [-0.05, 0) is 33.2 Å². The second-order valence-corrected chi connectivity index (χ2v) is 5.16. The second kappa shape index (κ2) is 11.0. The number of rotatable bonds is 11. The van der Waals surface area contributed by atoms with Gasteiger partial charge in [-0.15, -0.1) is 0 Å². The molecule has 3 atom stereocenters. The van der Waals surface area contributed by atoms with Crippen LogP contribution < -0.4 is 5.32 Å². The van der Waals surface area contributed by atoms with Gasteiger partial charge in [0.1, 0.15) is 0 Å². The van der Waals surface area contributed by atoms with Crippen molar-refractivity contribution in [3.63, 3.8) is 0 Å². The van der Waals surface area contributed by atoms with E-state index in [1.54, 1.807) is 6.92 Å². The molecule has 0 spiro atoms. The first-order valence-corrected chi connectivity index (χ1v) is 7.13. The normalized spacial score (nSPS) is 16.8. The Bertz CT molecular complexity index is 162. The third-order valence-corrected chi connectivity index (χ3v) is 3.23. The van der Waals surface area contributed by atoms with E-state index in [4.69, 9.17) is 0 Å². The molecule has 17 heavy (non-hydrogen) atoms. The maximum absolute atomic E-state index is 9.76. The Morgan fingerprint density at radius 3 is 2.18 bits per heavy atom. The zero-order chi connectivity index (χ0) is 13.1. The Balaban J connectivity index is 3.61. The number of unbranched alkanes of at least 4 members (excludes halogenated alkanes) is 4. The van der Waals surface area contributed by atoms with Crippen molar-refractivity contribution in [2.45, 2.75) is 83.5 Å². The summed E-state index contributed by atoms with van der Waals surface area (Å²) < 4.78 is 0. The fraction of sp³-hybridized carbons (Fsp3) is 1.00. The van der Waals surface area contributed by atoms with Crippen LogP contribution in [0.5, 0.6) is 0 Å². The highest BCUT2D eigenvalue weighted by Crippen LogP contribution is 2.12. The molecule has 0 saturated heterocycles. The van der Waals surface area contributed by atoms with Gasteiger partial charge in [0.2, 0.25) is 0 Å². The van der Waals surface area contributed by atoms with Crippen LogP contribution in [0.2, 0.25) is 0 Å². The fourth-order valence-corrected chi connectivity index (χ4v) is 2.19. The molecule has 0 aliphatic carbocycles. The van der Waals surface area contributed by atoms with Gasteiger partial charge in [0, 0.05) is 6.04 Å². The standard InChI is InChI=1S/C14H31NO2/c1-4-5-6-7-8-9-13(15-3)11-14(17)10-12(2)16/h12-17H,4-11H2,1-3H3. The van der Waals surface area contributed by atoms with Gasteiger partial charge in [0.05, 0.1) is 12.2 Å². The molecule has 0 amide bonds. The van der Waals surface area contributed by atoms with Crippen molar-refractivity contribution >= 4 is 0 Å². The quantitative estimate of drug-likeness (QED) is 0.490. The average molecular weight is 245 g/mol. The van der Waals surface area contributed by atoms with Crippen LogP contribution in [0.1, 0.15) is 65.2 Å². The molecule has 3 N–H and O–H groups in total. The highest BCUT2D eigenvalue weighted by Gasteiger charge is 2.14. The van der Waals surface area contributed by atoms with E-state index in [-0.39, 0.29) is 6.10 Å². The Morgan fingerprint density at radius 1 is 1.00 bits per heavy atom. The molecule has 0 aliphatic heterocycles. The van der Waals surface area contributed by atoms with E-state index in [0.717, 1.165) is 12.8 Å². The Morgan fingerprint density at radius 2 is 1.65 bits per heavy atom. The predicted molar refractivity (Wildman–Crippen MR) is 73.1 cm³/mol. The molecular formula is C14H31NO2. The number of aliphatic hydroxyl groups excluding tert-OH is 2. The highest BCUT2D eigenvalue weighted by atomic mass is 16.3. The molecule has 0 aromatic carbocycles. The van der Waals surface area contributed by atoms with Crippen LogP contribution >= 0.6 is 0 Å². The molecule has 104 valence electrons. The summed E-state index contributed by atoms with van der Waals surface area (Å²) in [6.45, 7) is 3.95. The molecule has 0 aromatic rings. The number of aliphatic hydroxyl groups is 2. The second-order valence-electron chi connectivity index (χ2n) is 5.16. The van der Waals surface area contributed by atoms with Crippen molar-refractivity contribution in [2.24, 2.45) is 0 Å². The van der Waals surface area contributed by atoms with Crippen LogP contribution in [0.4, 0.5) is 0 Å². The van der Waals surface area contributed by atoms with Crippen molar-refractivity contribution in [1.82, 2.24) is 5.32 Å². The zero-order valence-electron chi connectivity index (χ0n) is 11.8. The molecule has 0 rings (SSSR count). The first-order valence-electron chi connectivity index (χ1n) is 7.13. The van der Waals surface area contributed by atoms with E-state index in [0.29, 0.717) is 12.5 Å². The van der Waals surface area contributed by atoms with Crippen LogP contribution in [-0.4, -0.2) is 35.5 Å². The molecule has 0 bridgehead atoms. The van der Waals surface area contributed by atoms with Crippen molar-refractivity contribution in [3.8, 4) is 0 Å². The predicted octanol–water partition coefficient (Wildman–Crippen LogP) is 2.46. The van der Waals surface area contributed by atoms with Gasteiger partial charge >= 0.3 is 0 Å². The van der Waals surface area contributed by atoms with Gasteiger partial charge in [-0.3, -0.25) is 0 Å². The highest BCUT2D eigenvalue weighted by molar-refractivity contribution is 4.71. The molecule has 3 heteroatoms. The smallest absolute Gasteiger partial charge is 0.0579 e. The van der Waals surface area contributed by atoms with E-state index in [2.05, 4.69) is 12.2 Å². The molecule has 0 saturated carbocycles. The Kier molecular flexibility index (Phi) is 10.9. The number of hydrogen-bond acceptors (Lipinski definition) is 3. The van der Waals surface area contributed by atoms with E-state index in [1.165, 1.54) is 32.1 Å². The molecule has 0 heterocycles. The van der Waals surface area contributed by atoms with Gasteiger partial charge in [-0.25, -0.2) is 0 Å². The lowest BCUT2D eigenvalue weighted by molar-refractivity contribution is 0.0775. The third kappa shape index (κ3) is 10.7. The lowest BCUT2D eigenvalue weighted by Crippen LogP contribution is -2.31. The monoisotopic (exact) mass is 245 g/mol. The van der Waals surface area contributed by atoms with Crippen LogP contribution in [0.3, 0.4) is 0 Å². The molecular weight excluding hydrogens is 214 g/mol. The van der Waals surface area contributed by atoms with Crippen LogP contribution in [-0.2, 0) is 0 Å². The number of hydrogen-bond donors (Lipinski definition) is 3. The van der Waals surface area contributed by atoms with Crippen molar-refractivity contribution in [3.05, 3.63) is 0 Å². The van der Waals surface area contributed by atoms with Crippen LogP contribution in [0.15, 0.2) is 0 Å². The maximum Gasteiger partial charge on any atom is 0.0579 e. The number of nitrogens with one attached hydrogen (secondary N) is 1. The van der Waals surface area contributed by atoms with Crippen LogP contribution in [0.25, 0.3) is 0 Å². The topological polar surface area (TPSA) is 52.5 Å². The lowest BCUT2D eigenvalue weighted by atomic mass is 9.99. The van der Waals surface area contributed by atoms with Gasteiger partial charge in [-0.1, -0.05) is 39.0 Å². The molecule has 0 aromatic heterocycles. The minimum absolute atomic E-state index is 0.380. The third-order valence-electron chi connectivity index (χ3n) is 3.23. The van der Waals surface area contributed by atoms with Crippen molar-refractivity contribution in [2.75, 3.05) is 7.05 Å². The summed E-state index contributed by atoms with van der Waals surface area (Å²) in [6, 6.07) is 0.380. The van der Waals surface area contributed by atoms with E-state index >= 15 is 0 Å².